The molecule has 3 nitrogen and oxygen atoms in total. The SMILES string of the molecule is Cc1ccc(CSCCNC(=O)COCc2ccccc2)cc1. The van der Waals surface area contributed by atoms with Gasteiger partial charge in [0, 0.05) is 18.1 Å². The lowest BCUT2D eigenvalue weighted by molar-refractivity contribution is -0.125. The summed E-state index contributed by atoms with van der Waals surface area (Å²) in [6.07, 6.45) is 0. The highest BCUT2D eigenvalue weighted by Crippen LogP contribution is 2.12. The molecule has 2 aromatic carbocycles. The second kappa shape index (κ2) is 10.1. The van der Waals surface area contributed by atoms with Gasteiger partial charge in [0.25, 0.3) is 0 Å². The topological polar surface area (TPSA) is 38.3 Å². The molecule has 0 spiro atoms. The number of nitrogens with one attached hydrogen (secondary N) is 1. The molecule has 0 radical (unpaired) electrons. The zero-order valence-electron chi connectivity index (χ0n) is 13.5. The molecular formula is C19H23NO2S. The fraction of sp³-hybridized carbons (Fsp3) is 0.316. The molecule has 122 valence electrons. The van der Waals surface area contributed by atoms with Crippen LogP contribution in [0.5, 0.6) is 0 Å². The molecule has 0 aliphatic carbocycles. The van der Waals surface area contributed by atoms with Crippen molar-refractivity contribution in [1.82, 2.24) is 5.32 Å². The Hall–Kier alpha value is -1.78. The number of hydrogen-bond donors (Lipinski definition) is 1. The van der Waals surface area contributed by atoms with E-state index in [2.05, 4.69) is 36.5 Å². The highest BCUT2D eigenvalue weighted by Gasteiger charge is 2.01. The largest absolute Gasteiger partial charge is 0.367 e. The Balaban J connectivity index is 1.50. The molecule has 0 heterocycles. The summed E-state index contributed by atoms with van der Waals surface area (Å²) < 4.78 is 5.40. The average molecular weight is 329 g/mol. The zero-order valence-corrected chi connectivity index (χ0v) is 14.3. The Morgan fingerprint density at radius 3 is 2.52 bits per heavy atom. The van der Waals surface area contributed by atoms with Crippen LogP contribution in [-0.4, -0.2) is 24.8 Å². The zero-order chi connectivity index (χ0) is 16.3. The van der Waals surface area contributed by atoms with Crippen LogP contribution in [0.4, 0.5) is 0 Å². The summed E-state index contributed by atoms with van der Waals surface area (Å²) in [4.78, 5) is 11.7. The summed E-state index contributed by atoms with van der Waals surface area (Å²) in [5, 5.41) is 2.88. The number of carbonyl (C=O) groups is 1. The van der Waals surface area contributed by atoms with Crippen LogP contribution in [0.2, 0.25) is 0 Å². The van der Waals surface area contributed by atoms with Crippen LogP contribution in [-0.2, 0) is 21.9 Å². The van der Waals surface area contributed by atoms with Crippen LogP contribution in [0.25, 0.3) is 0 Å². The molecule has 1 amide bonds. The third kappa shape index (κ3) is 7.35. The van der Waals surface area contributed by atoms with E-state index < -0.39 is 0 Å². The first-order valence-corrected chi connectivity index (χ1v) is 8.91. The summed E-state index contributed by atoms with van der Waals surface area (Å²) in [6.45, 7) is 3.34. The van der Waals surface area contributed by atoms with Crippen LogP contribution < -0.4 is 5.32 Å². The molecule has 0 aromatic heterocycles. The molecule has 0 aliphatic rings. The molecule has 23 heavy (non-hydrogen) atoms. The molecule has 2 rings (SSSR count). The molecule has 0 fully saturated rings. The minimum atomic E-state index is -0.0585. The van der Waals surface area contributed by atoms with Gasteiger partial charge in [0.1, 0.15) is 6.61 Å². The van der Waals surface area contributed by atoms with Crippen molar-refractivity contribution in [3.8, 4) is 0 Å². The number of rotatable bonds is 9. The van der Waals surface area contributed by atoms with Crippen molar-refractivity contribution in [2.24, 2.45) is 0 Å². The van der Waals surface area contributed by atoms with Gasteiger partial charge in [0.05, 0.1) is 6.61 Å². The van der Waals surface area contributed by atoms with Crippen molar-refractivity contribution >= 4 is 17.7 Å². The van der Waals surface area contributed by atoms with Crippen LogP contribution in [0.3, 0.4) is 0 Å². The van der Waals surface area contributed by atoms with Gasteiger partial charge in [-0.3, -0.25) is 4.79 Å². The lowest BCUT2D eigenvalue weighted by atomic mass is 10.2. The minimum Gasteiger partial charge on any atom is -0.367 e. The number of aryl methyl sites for hydroxylation is 1. The second-order valence-electron chi connectivity index (χ2n) is 5.37. The van der Waals surface area contributed by atoms with Crippen LogP contribution >= 0.6 is 11.8 Å². The van der Waals surface area contributed by atoms with Gasteiger partial charge in [0.15, 0.2) is 0 Å². The summed E-state index contributed by atoms with van der Waals surface area (Å²) >= 11 is 1.82. The van der Waals surface area contributed by atoms with Crippen LogP contribution in [0, 0.1) is 6.92 Å². The molecule has 0 saturated carbocycles. The first-order valence-electron chi connectivity index (χ1n) is 7.76. The smallest absolute Gasteiger partial charge is 0.246 e. The molecule has 0 saturated heterocycles. The highest BCUT2D eigenvalue weighted by atomic mass is 32.2. The van der Waals surface area contributed by atoms with E-state index >= 15 is 0 Å². The maximum absolute atomic E-state index is 11.7. The maximum atomic E-state index is 11.7. The Morgan fingerprint density at radius 2 is 1.78 bits per heavy atom. The Kier molecular flexibility index (Phi) is 7.70. The fourth-order valence-corrected chi connectivity index (χ4v) is 2.84. The number of benzene rings is 2. The van der Waals surface area contributed by atoms with Gasteiger partial charge in [-0.05, 0) is 18.1 Å². The summed E-state index contributed by atoms with van der Waals surface area (Å²) in [6, 6.07) is 18.4. The molecule has 0 bridgehead atoms. The van der Waals surface area contributed by atoms with E-state index in [4.69, 9.17) is 4.74 Å². The molecule has 0 aliphatic heterocycles. The third-order valence-corrected chi connectivity index (χ3v) is 4.33. The van der Waals surface area contributed by atoms with Gasteiger partial charge < -0.3 is 10.1 Å². The van der Waals surface area contributed by atoms with E-state index in [1.807, 2.05) is 42.1 Å². The summed E-state index contributed by atoms with van der Waals surface area (Å²) in [5.74, 6) is 1.82. The Bertz CT molecular complexity index is 584. The quantitative estimate of drug-likeness (QED) is 0.715. The van der Waals surface area contributed by atoms with E-state index in [9.17, 15) is 4.79 Å². The minimum absolute atomic E-state index is 0.0585. The normalized spacial score (nSPS) is 10.5. The summed E-state index contributed by atoms with van der Waals surface area (Å²) in [7, 11) is 0. The molecular weight excluding hydrogens is 306 g/mol. The Morgan fingerprint density at radius 1 is 1.04 bits per heavy atom. The molecule has 1 N–H and O–H groups in total. The Labute approximate surface area is 142 Å². The number of carbonyl (C=O) groups excluding carboxylic acids is 1. The van der Waals surface area contributed by atoms with Crippen molar-refractivity contribution in [2.45, 2.75) is 19.3 Å². The highest BCUT2D eigenvalue weighted by molar-refractivity contribution is 7.98. The van der Waals surface area contributed by atoms with E-state index in [1.54, 1.807) is 0 Å². The van der Waals surface area contributed by atoms with Crippen molar-refractivity contribution in [1.29, 1.82) is 0 Å². The third-order valence-electron chi connectivity index (χ3n) is 3.30. The fourth-order valence-electron chi connectivity index (χ4n) is 2.02. The first kappa shape index (κ1) is 17.6. The monoisotopic (exact) mass is 329 g/mol. The van der Waals surface area contributed by atoms with Gasteiger partial charge in [-0.2, -0.15) is 11.8 Å². The van der Waals surface area contributed by atoms with Gasteiger partial charge in [-0.1, -0.05) is 60.2 Å². The molecule has 0 atom stereocenters. The number of amides is 1. The van der Waals surface area contributed by atoms with Gasteiger partial charge >= 0.3 is 0 Å². The predicted octanol–water partition coefficient (Wildman–Crippen LogP) is 3.56. The van der Waals surface area contributed by atoms with Crippen molar-refractivity contribution in [3.05, 3.63) is 71.3 Å². The predicted molar refractivity (Wildman–Crippen MR) is 96.4 cm³/mol. The first-order chi connectivity index (χ1) is 11.2. The maximum Gasteiger partial charge on any atom is 0.246 e. The van der Waals surface area contributed by atoms with Crippen molar-refractivity contribution < 1.29 is 9.53 Å². The number of hydrogen-bond acceptors (Lipinski definition) is 3. The molecule has 4 heteroatoms. The summed E-state index contributed by atoms with van der Waals surface area (Å²) in [5.41, 5.74) is 3.67. The van der Waals surface area contributed by atoms with Crippen molar-refractivity contribution in [2.75, 3.05) is 18.9 Å². The van der Waals surface area contributed by atoms with Crippen LogP contribution in [0.15, 0.2) is 54.6 Å². The van der Waals surface area contributed by atoms with Gasteiger partial charge in [-0.15, -0.1) is 0 Å². The lowest BCUT2D eigenvalue weighted by Gasteiger charge is -2.07. The van der Waals surface area contributed by atoms with E-state index in [1.165, 1.54) is 11.1 Å². The van der Waals surface area contributed by atoms with Crippen molar-refractivity contribution in [3.63, 3.8) is 0 Å². The second-order valence-corrected chi connectivity index (χ2v) is 6.47. The van der Waals surface area contributed by atoms with Gasteiger partial charge in [0.2, 0.25) is 5.91 Å². The molecule has 0 unspecified atom stereocenters. The number of thioether (sulfide) groups is 1. The molecule has 2 aromatic rings. The standard InChI is InChI=1S/C19H23NO2S/c1-16-7-9-18(10-8-16)15-23-12-11-20-19(21)14-22-13-17-5-3-2-4-6-17/h2-10H,11-15H2,1H3,(H,20,21). The van der Waals surface area contributed by atoms with Crippen LogP contribution in [0.1, 0.15) is 16.7 Å². The van der Waals surface area contributed by atoms with Gasteiger partial charge in [-0.25, -0.2) is 0 Å². The van der Waals surface area contributed by atoms with E-state index in [0.717, 1.165) is 17.1 Å². The average Bonchev–Trinajstić information content (AvgIpc) is 2.57. The van der Waals surface area contributed by atoms with E-state index in [0.29, 0.717) is 13.2 Å². The van der Waals surface area contributed by atoms with E-state index in [-0.39, 0.29) is 12.5 Å². The lowest BCUT2D eigenvalue weighted by Crippen LogP contribution is -2.29. The number of ether oxygens (including phenoxy) is 1.